The minimum Gasteiger partial charge on any atom is -0.392 e. The van der Waals surface area contributed by atoms with Gasteiger partial charge in [0.05, 0.1) is 30.5 Å². The Kier molecular flexibility index (Phi) is 2.74. The van der Waals surface area contributed by atoms with Crippen molar-refractivity contribution in [3.63, 3.8) is 0 Å². The Bertz CT molecular complexity index is 594. The quantitative estimate of drug-likeness (QED) is 0.695. The molecule has 0 radical (unpaired) electrons. The third-order valence-corrected chi connectivity index (χ3v) is 8.57. The molecular weight excluding hydrogens is 288 g/mol. The lowest BCUT2D eigenvalue weighted by molar-refractivity contribution is -0.244. The highest BCUT2D eigenvalue weighted by molar-refractivity contribution is 5.40. The van der Waals surface area contributed by atoms with E-state index in [1.54, 1.807) is 11.1 Å². The Labute approximate surface area is 139 Å². The molecule has 128 valence electrons. The van der Waals surface area contributed by atoms with Gasteiger partial charge >= 0.3 is 0 Å². The van der Waals surface area contributed by atoms with E-state index >= 15 is 0 Å². The van der Waals surface area contributed by atoms with Gasteiger partial charge in [-0.25, -0.2) is 0 Å². The van der Waals surface area contributed by atoms with Crippen LogP contribution >= 0.6 is 0 Å². The summed E-state index contributed by atoms with van der Waals surface area (Å²) in [6.45, 7) is 10.2. The van der Waals surface area contributed by atoms with Gasteiger partial charge in [-0.2, -0.15) is 0 Å². The van der Waals surface area contributed by atoms with Crippen LogP contribution in [0.4, 0.5) is 0 Å². The molecule has 2 bridgehead atoms. The van der Waals surface area contributed by atoms with E-state index in [9.17, 15) is 5.11 Å². The van der Waals surface area contributed by atoms with Crippen molar-refractivity contribution in [1.29, 1.82) is 0 Å². The smallest absolute Gasteiger partial charge is 0.0808 e. The van der Waals surface area contributed by atoms with Gasteiger partial charge in [0.15, 0.2) is 0 Å². The highest BCUT2D eigenvalue weighted by Gasteiger charge is 2.68. The molecule has 1 N–H and O–H groups in total. The molecule has 0 aromatic carbocycles. The monoisotopic (exact) mass is 318 g/mol. The Hall–Kier alpha value is -0.380. The van der Waals surface area contributed by atoms with E-state index in [2.05, 4.69) is 27.7 Å². The Balaban J connectivity index is 1.66. The van der Waals surface area contributed by atoms with Gasteiger partial charge < -0.3 is 14.6 Å². The first-order valence-corrected chi connectivity index (χ1v) is 9.46. The Morgan fingerprint density at radius 3 is 2.65 bits per heavy atom. The summed E-state index contributed by atoms with van der Waals surface area (Å²) in [5.74, 6) is 1.22. The average molecular weight is 318 g/mol. The van der Waals surface area contributed by atoms with Gasteiger partial charge in [0, 0.05) is 17.8 Å². The summed E-state index contributed by atoms with van der Waals surface area (Å²) in [5.41, 5.74) is 3.29. The largest absolute Gasteiger partial charge is 0.392 e. The van der Waals surface area contributed by atoms with E-state index < -0.39 is 0 Å². The van der Waals surface area contributed by atoms with E-state index in [-0.39, 0.29) is 28.6 Å². The third kappa shape index (κ3) is 1.58. The van der Waals surface area contributed by atoms with E-state index in [0.717, 1.165) is 19.4 Å². The molecular formula is C20H30O3. The molecule has 23 heavy (non-hydrogen) atoms. The van der Waals surface area contributed by atoms with Crippen molar-refractivity contribution >= 4 is 0 Å². The van der Waals surface area contributed by atoms with Crippen molar-refractivity contribution in [3.8, 4) is 0 Å². The van der Waals surface area contributed by atoms with Crippen LogP contribution in [0.25, 0.3) is 0 Å². The van der Waals surface area contributed by atoms with E-state index in [1.165, 1.54) is 19.3 Å². The van der Waals surface area contributed by atoms with Crippen LogP contribution < -0.4 is 0 Å². The molecule has 5 rings (SSSR count). The molecule has 2 saturated heterocycles. The summed E-state index contributed by atoms with van der Waals surface area (Å²) in [5, 5.41) is 10.9. The molecule has 2 aliphatic heterocycles. The molecule has 0 aromatic rings. The normalized spacial score (nSPS) is 56.5. The van der Waals surface area contributed by atoms with Gasteiger partial charge in [0.1, 0.15) is 0 Å². The predicted octanol–water partition coefficient (Wildman–Crippen LogP) is 3.46. The standard InChI is InChI=1S/C20H30O3/c1-11-5-6-20-8-13-12-10-22-14(12)7-16(21)19(13,4)9-15(17(11)20)23-18(20,2)3/h12-16,21H,5-10H2,1-4H3. The number of hydrogen-bond donors (Lipinski definition) is 1. The van der Waals surface area contributed by atoms with Gasteiger partial charge in [-0.15, -0.1) is 0 Å². The zero-order chi connectivity index (χ0) is 16.2. The minimum absolute atomic E-state index is 0.0171. The van der Waals surface area contributed by atoms with Crippen molar-refractivity contribution in [2.75, 3.05) is 6.61 Å². The molecule has 2 saturated carbocycles. The summed E-state index contributed by atoms with van der Waals surface area (Å²) in [6, 6.07) is 0. The van der Waals surface area contributed by atoms with Crippen LogP contribution in [0.5, 0.6) is 0 Å². The van der Waals surface area contributed by atoms with Gasteiger partial charge in [-0.3, -0.25) is 0 Å². The first-order valence-electron chi connectivity index (χ1n) is 9.46. The van der Waals surface area contributed by atoms with Crippen LogP contribution in [0.2, 0.25) is 0 Å². The van der Waals surface area contributed by atoms with Crippen molar-refractivity contribution in [2.45, 2.75) is 83.7 Å². The van der Waals surface area contributed by atoms with E-state index in [1.807, 2.05) is 0 Å². The number of rotatable bonds is 0. The second-order valence-corrected chi connectivity index (χ2v) is 9.70. The van der Waals surface area contributed by atoms with E-state index in [0.29, 0.717) is 17.9 Å². The highest BCUT2D eigenvalue weighted by atomic mass is 16.5. The van der Waals surface area contributed by atoms with Crippen LogP contribution in [0.1, 0.15) is 59.8 Å². The fraction of sp³-hybridized carbons (Fsp3) is 0.900. The topological polar surface area (TPSA) is 38.7 Å². The van der Waals surface area contributed by atoms with Crippen LogP contribution in [0.15, 0.2) is 11.1 Å². The molecule has 4 fully saturated rings. The summed E-state index contributed by atoms with van der Waals surface area (Å²) in [4.78, 5) is 0. The lowest BCUT2D eigenvalue weighted by Gasteiger charge is -2.59. The number of aliphatic hydroxyl groups excluding tert-OH is 1. The number of fused-ring (bicyclic) bond motifs is 3. The predicted molar refractivity (Wildman–Crippen MR) is 88.0 cm³/mol. The highest BCUT2D eigenvalue weighted by Crippen LogP contribution is 2.69. The van der Waals surface area contributed by atoms with Crippen molar-refractivity contribution in [3.05, 3.63) is 11.1 Å². The second kappa shape index (κ2) is 4.23. The van der Waals surface area contributed by atoms with Gasteiger partial charge in [0.25, 0.3) is 0 Å². The van der Waals surface area contributed by atoms with Crippen LogP contribution in [0, 0.1) is 22.7 Å². The van der Waals surface area contributed by atoms with Crippen LogP contribution in [0.3, 0.4) is 0 Å². The molecule has 5 aliphatic rings. The summed E-state index contributed by atoms with van der Waals surface area (Å²) < 4.78 is 12.4. The zero-order valence-electron chi connectivity index (χ0n) is 14.9. The second-order valence-electron chi connectivity index (χ2n) is 9.70. The number of aliphatic hydroxyl groups is 1. The molecule has 7 atom stereocenters. The maximum atomic E-state index is 10.9. The van der Waals surface area contributed by atoms with Crippen molar-refractivity contribution in [1.82, 2.24) is 0 Å². The van der Waals surface area contributed by atoms with Crippen molar-refractivity contribution < 1.29 is 14.6 Å². The molecule has 7 unspecified atom stereocenters. The van der Waals surface area contributed by atoms with Gasteiger partial charge in [-0.1, -0.05) is 12.5 Å². The SMILES string of the molecule is CC1=C2C3CC4(C)C(O)CC5OCC5C4CC2(CC1)C(C)(C)O3. The van der Waals surface area contributed by atoms with Gasteiger partial charge in [-0.05, 0) is 63.4 Å². The minimum atomic E-state index is -0.252. The molecule has 3 nitrogen and oxygen atoms in total. The number of allylic oxidation sites excluding steroid dienone is 1. The first kappa shape index (κ1) is 14.9. The molecule has 3 heteroatoms. The number of ether oxygens (including phenoxy) is 2. The van der Waals surface area contributed by atoms with Crippen molar-refractivity contribution in [2.24, 2.45) is 22.7 Å². The molecule has 0 spiro atoms. The lowest BCUT2D eigenvalue weighted by Crippen LogP contribution is -2.61. The first-order chi connectivity index (χ1) is 10.8. The summed E-state index contributed by atoms with van der Waals surface area (Å²) >= 11 is 0. The third-order valence-electron chi connectivity index (χ3n) is 8.57. The fourth-order valence-electron chi connectivity index (χ4n) is 7.05. The molecule has 0 aromatic heterocycles. The average Bonchev–Trinajstić information content (AvgIpc) is 2.83. The number of hydrogen-bond acceptors (Lipinski definition) is 3. The summed E-state index contributed by atoms with van der Waals surface area (Å²) in [6.07, 6.45) is 5.72. The molecule has 2 heterocycles. The maximum absolute atomic E-state index is 10.9. The van der Waals surface area contributed by atoms with Crippen LogP contribution in [-0.4, -0.2) is 35.6 Å². The fourth-order valence-corrected chi connectivity index (χ4v) is 7.05. The Morgan fingerprint density at radius 1 is 1.17 bits per heavy atom. The van der Waals surface area contributed by atoms with E-state index in [4.69, 9.17) is 9.47 Å². The van der Waals surface area contributed by atoms with Crippen LogP contribution in [-0.2, 0) is 9.47 Å². The van der Waals surface area contributed by atoms with Gasteiger partial charge in [0.2, 0.25) is 0 Å². The maximum Gasteiger partial charge on any atom is 0.0808 e. The molecule has 3 aliphatic carbocycles. The molecule has 0 amide bonds. The Morgan fingerprint density at radius 2 is 1.96 bits per heavy atom. The summed E-state index contributed by atoms with van der Waals surface area (Å²) in [7, 11) is 0. The zero-order valence-corrected chi connectivity index (χ0v) is 14.9. The lowest BCUT2D eigenvalue weighted by atomic mass is 9.53.